The van der Waals surface area contributed by atoms with E-state index < -0.39 is 0 Å². The standard InChI is InChI=1S/C8H14N2O/c1-2-3-4-5-6-8-7-9-10-11-8/h7H,2-6H2,1H3. The maximum atomic E-state index is 4.85. The van der Waals surface area contributed by atoms with Crippen LogP contribution in [-0.4, -0.2) is 10.4 Å². The average molecular weight is 154 g/mol. The van der Waals surface area contributed by atoms with Gasteiger partial charge in [-0.05, 0) is 6.42 Å². The van der Waals surface area contributed by atoms with E-state index in [-0.39, 0.29) is 0 Å². The SMILES string of the molecule is CCCCCCc1cnno1. The summed E-state index contributed by atoms with van der Waals surface area (Å²) in [7, 11) is 0. The first kappa shape index (κ1) is 8.24. The van der Waals surface area contributed by atoms with Gasteiger partial charge in [-0.1, -0.05) is 26.2 Å². The van der Waals surface area contributed by atoms with Crippen molar-refractivity contribution in [1.82, 2.24) is 10.4 Å². The van der Waals surface area contributed by atoms with Gasteiger partial charge in [0.2, 0.25) is 0 Å². The van der Waals surface area contributed by atoms with Crippen LogP contribution in [0.4, 0.5) is 0 Å². The monoisotopic (exact) mass is 154 g/mol. The Morgan fingerprint density at radius 2 is 2.27 bits per heavy atom. The summed E-state index contributed by atoms with van der Waals surface area (Å²) in [4.78, 5) is 0. The van der Waals surface area contributed by atoms with Gasteiger partial charge in [0.15, 0.2) is 5.76 Å². The van der Waals surface area contributed by atoms with E-state index in [4.69, 9.17) is 4.52 Å². The molecule has 0 amide bonds. The fraction of sp³-hybridized carbons (Fsp3) is 0.750. The number of aryl methyl sites for hydroxylation is 1. The molecule has 0 bridgehead atoms. The zero-order valence-corrected chi connectivity index (χ0v) is 6.92. The molecule has 3 heteroatoms. The second kappa shape index (κ2) is 4.88. The first-order chi connectivity index (χ1) is 5.43. The molecule has 0 fully saturated rings. The first-order valence-corrected chi connectivity index (χ1v) is 4.19. The lowest BCUT2D eigenvalue weighted by molar-refractivity contribution is 0.358. The van der Waals surface area contributed by atoms with Crippen LogP contribution in [0.5, 0.6) is 0 Å². The smallest absolute Gasteiger partial charge is 0.157 e. The molecule has 0 saturated heterocycles. The molecule has 3 nitrogen and oxygen atoms in total. The van der Waals surface area contributed by atoms with Crippen LogP contribution in [0, 0.1) is 0 Å². The van der Waals surface area contributed by atoms with E-state index >= 15 is 0 Å². The molecular formula is C8H14N2O. The van der Waals surface area contributed by atoms with Crippen LogP contribution in [0.25, 0.3) is 0 Å². The number of hydrogen-bond acceptors (Lipinski definition) is 3. The third-order valence-electron chi connectivity index (χ3n) is 1.68. The molecule has 0 aliphatic rings. The largest absolute Gasteiger partial charge is 0.342 e. The molecule has 0 atom stereocenters. The number of aromatic nitrogens is 2. The zero-order chi connectivity index (χ0) is 7.94. The van der Waals surface area contributed by atoms with Crippen molar-refractivity contribution in [3.8, 4) is 0 Å². The summed E-state index contributed by atoms with van der Waals surface area (Å²) in [6, 6.07) is 0. The molecule has 0 unspecified atom stereocenters. The van der Waals surface area contributed by atoms with Crippen molar-refractivity contribution in [2.75, 3.05) is 0 Å². The fourth-order valence-electron chi connectivity index (χ4n) is 1.02. The highest BCUT2D eigenvalue weighted by molar-refractivity contribution is 4.84. The molecule has 0 N–H and O–H groups in total. The van der Waals surface area contributed by atoms with E-state index in [0.717, 1.165) is 12.2 Å². The minimum absolute atomic E-state index is 0.904. The molecule has 1 aromatic heterocycles. The highest BCUT2D eigenvalue weighted by Gasteiger charge is 1.96. The lowest BCUT2D eigenvalue weighted by Gasteiger charge is -1.93. The number of rotatable bonds is 5. The van der Waals surface area contributed by atoms with E-state index in [1.165, 1.54) is 25.7 Å². The van der Waals surface area contributed by atoms with Crippen molar-refractivity contribution >= 4 is 0 Å². The van der Waals surface area contributed by atoms with E-state index in [1.54, 1.807) is 6.20 Å². The lowest BCUT2D eigenvalue weighted by atomic mass is 10.1. The second-order valence-electron chi connectivity index (χ2n) is 2.69. The van der Waals surface area contributed by atoms with Crippen molar-refractivity contribution in [3.05, 3.63) is 12.0 Å². The van der Waals surface area contributed by atoms with Crippen LogP contribution in [0.15, 0.2) is 10.7 Å². The van der Waals surface area contributed by atoms with E-state index in [1.807, 2.05) is 0 Å². The van der Waals surface area contributed by atoms with Gasteiger partial charge in [-0.25, -0.2) is 0 Å². The topological polar surface area (TPSA) is 38.9 Å². The van der Waals surface area contributed by atoms with Crippen LogP contribution in [0.1, 0.15) is 38.4 Å². The summed E-state index contributed by atoms with van der Waals surface area (Å²) in [6.07, 6.45) is 7.71. The average Bonchev–Trinajstić information content (AvgIpc) is 2.50. The van der Waals surface area contributed by atoms with E-state index in [2.05, 4.69) is 17.3 Å². The molecule has 0 radical (unpaired) electrons. The fourth-order valence-corrected chi connectivity index (χ4v) is 1.02. The normalized spacial score (nSPS) is 10.3. The summed E-state index contributed by atoms with van der Waals surface area (Å²) >= 11 is 0. The Kier molecular flexibility index (Phi) is 3.65. The quantitative estimate of drug-likeness (QED) is 0.610. The summed E-state index contributed by atoms with van der Waals surface area (Å²) < 4.78 is 4.85. The molecule has 1 aromatic rings. The van der Waals surface area contributed by atoms with Gasteiger partial charge in [-0.15, -0.1) is 5.10 Å². The number of unbranched alkanes of at least 4 members (excludes halogenated alkanes) is 3. The molecule has 0 aliphatic heterocycles. The van der Waals surface area contributed by atoms with Gasteiger partial charge in [0.05, 0.1) is 6.20 Å². The first-order valence-electron chi connectivity index (χ1n) is 4.19. The number of hydrogen-bond donors (Lipinski definition) is 0. The minimum Gasteiger partial charge on any atom is -0.342 e. The van der Waals surface area contributed by atoms with Crippen molar-refractivity contribution in [1.29, 1.82) is 0 Å². The number of nitrogens with zero attached hydrogens (tertiary/aromatic N) is 2. The molecule has 0 saturated carbocycles. The summed E-state index contributed by atoms with van der Waals surface area (Å²) in [5.41, 5.74) is 0. The Morgan fingerprint density at radius 1 is 1.36 bits per heavy atom. The maximum Gasteiger partial charge on any atom is 0.157 e. The predicted octanol–water partition coefficient (Wildman–Crippen LogP) is 2.19. The van der Waals surface area contributed by atoms with Gasteiger partial charge in [0.1, 0.15) is 0 Å². The molecule has 1 rings (SSSR count). The third-order valence-corrected chi connectivity index (χ3v) is 1.68. The highest BCUT2D eigenvalue weighted by atomic mass is 16.5. The van der Waals surface area contributed by atoms with Crippen molar-refractivity contribution in [2.24, 2.45) is 0 Å². The van der Waals surface area contributed by atoms with Crippen molar-refractivity contribution < 1.29 is 4.52 Å². The van der Waals surface area contributed by atoms with Gasteiger partial charge >= 0.3 is 0 Å². The Bertz CT molecular complexity index is 172. The van der Waals surface area contributed by atoms with Crippen LogP contribution < -0.4 is 0 Å². The maximum absolute atomic E-state index is 4.85. The summed E-state index contributed by atoms with van der Waals surface area (Å²) in [5, 5.41) is 7.00. The Morgan fingerprint density at radius 3 is 2.91 bits per heavy atom. The van der Waals surface area contributed by atoms with Crippen LogP contribution >= 0.6 is 0 Å². The molecule has 1 heterocycles. The Balaban J connectivity index is 2.04. The van der Waals surface area contributed by atoms with Crippen LogP contribution in [-0.2, 0) is 6.42 Å². The molecule has 11 heavy (non-hydrogen) atoms. The van der Waals surface area contributed by atoms with Gasteiger partial charge in [-0.2, -0.15) is 0 Å². The van der Waals surface area contributed by atoms with Crippen LogP contribution in [0.2, 0.25) is 0 Å². The van der Waals surface area contributed by atoms with Crippen molar-refractivity contribution in [3.63, 3.8) is 0 Å². The second-order valence-corrected chi connectivity index (χ2v) is 2.69. The highest BCUT2D eigenvalue weighted by Crippen LogP contribution is 2.05. The Hall–Kier alpha value is -0.860. The van der Waals surface area contributed by atoms with Gasteiger partial charge in [0, 0.05) is 11.7 Å². The molecule has 0 spiro atoms. The predicted molar refractivity (Wildman–Crippen MR) is 42.1 cm³/mol. The summed E-state index contributed by atoms with van der Waals surface area (Å²) in [6.45, 7) is 2.20. The zero-order valence-electron chi connectivity index (χ0n) is 6.92. The molecule has 0 aromatic carbocycles. The molecular weight excluding hydrogens is 140 g/mol. The van der Waals surface area contributed by atoms with Gasteiger partial charge in [-0.3, -0.25) is 0 Å². The molecule has 0 aliphatic carbocycles. The van der Waals surface area contributed by atoms with Gasteiger partial charge < -0.3 is 4.52 Å². The van der Waals surface area contributed by atoms with E-state index in [0.29, 0.717) is 0 Å². The van der Waals surface area contributed by atoms with Gasteiger partial charge in [0.25, 0.3) is 0 Å². The van der Waals surface area contributed by atoms with Crippen molar-refractivity contribution in [2.45, 2.75) is 39.0 Å². The Labute approximate surface area is 66.8 Å². The van der Waals surface area contributed by atoms with Crippen LogP contribution in [0.3, 0.4) is 0 Å². The summed E-state index contributed by atoms with van der Waals surface area (Å²) in [5.74, 6) is 0.904. The lowest BCUT2D eigenvalue weighted by Crippen LogP contribution is -1.82. The minimum atomic E-state index is 0.904. The third kappa shape index (κ3) is 3.16. The van der Waals surface area contributed by atoms with E-state index in [9.17, 15) is 0 Å². The molecule has 62 valence electrons.